The Morgan fingerprint density at radius 3 is 2.82 bits per heavy atom. The van der Waals surface area contributed by atoms with Gasteiger partial charge in [-0.05, 0) is 29.7 Å². The number of aryl methyl sites for hydroxylation is 1. The van der Waals surface area contributed by atoms with Crippen molar-refractivity contribution in [2.24, 2.45) is 0 Å². The van der Waals surface area contributed by atoms with Gasteiger partial charge in [-0.25, -0.2) is 4.79 Å². The quantitative estimate of drug-likeness (QED) is 0.627. The van der Waals surface area contributed by atoms with Crippen LogP contribution in [0.15, 0.2) is 36.4 Å². The predicted octanol–water partition coefficient (Wildman–Crippen LogP) is 2.80. The third kappa shape index (κ3) is 3.57. The van der Waals surface area contributed by atoms with E-state index in [4.69, 9.17) is 9.84 Å². The summed E-state index contributed by atoms with van der Waals surface area (Å²) in [5.41, 5.74) is 3.16. The van der Waals surface area contributed by atoms with Crippen LogP contribution in [-0.2, 0) is 16.1 Å². The van der Waals surface area contributed by atoms with E-state index in [1.165, 1.54) is 6.08 Å². The van der Waals surface area contributed by atoms with Gasteiger partial charge in [0.05, 0.1) is 12.2 Å². The largest absolute Gasteiger partial charge is 0.478 e. The summed E-state index contributed by atoms with van der Waals surface area (Å²) in [6.07, 6.45) is 3.27. The van der Waals surface area contributed by atoms with Gasteiger partial charge in [0.25, 0.3) is 0 Å². The molecule has 0 amide bonds. The van der Waals surface area contributed by atoms with Gasteiger partial charge in [0.1, 0.15) is 0 Å². The van der Waals surface area contributed by atoms with Crippen LogP contribution < -0.4 is 0 Å². The maximum atomic E-state index is 10.6. The highest BCUT2D eigenvalue weighted by Crippen LogP contribution is 2.17. The molecule has 1 aromatic rings. The summed E-state index contributed by atoms with van der Waals surface area (Å²) in [4.78, 5) is 10.6. The van der Waals surface area contributed by atoms with Gasteiger partial charge in [0, 0.05) is 7.11 Å². The van der Waals surface area contributed by atoms with Crippen molar-refractivity contribution in [3.8, 4) is 0 Å². The lowest BCUT2D eigenvalue weighted by atomic mass is 10.0. The Morgan fingerprint density at radius 2 is 2.24 bits per heavy atom. The summed E-state index contributed by atoms with van der Waals surface area (Å²) in [6, 6.07) is 5.88. The molecule has 0 fully saturated rings. The minimum absolute atomic E-state index is 0.0663. The van der Waals surface area contributed by atoms with Crippen molar-refractivity contribution in [1.82, 2.24) is 0 Å². The molecule has 0 aliphatic rings. The molecule has 0 spiro atoms. The normalized spacial score (nSPS) is 10.7. The van der Waals surface area contributed by atoms with Crippen LogP contribution in [0.3, 0.4) is 0 Å². The third-order valence-electron chi connectivity index (χ3n) is 2.44. The molecular formula is C14H16O3. The maximum absolute atomic E-state index is 10.6. The summed E-state index contributed by atoms with van der Waals surface area (Å²) in [6.45, 7) is 5.93. The van der Waals surface area contributed by atoms with Gasteiger partial charge < -0.3 is 9.84 Å². The summed E-state index contributed by atoms with van der Waals surface area (Å²) >= 11 is 0. The number of hydrogen-bond acceptors (Lipinski definition) is 2. The molecule has 0 bridgehead atoms. The molecule has 0 aromatic heterocycles. The number of ether oxygens (including phenoxy) is 1. The summed E-state index contributed by atoms with van der Waals surface area (Å²) in [5.74, 6) is -1.01. The standard InChI is InChI=1S/C14H16O3/c1-10-5-4-6-12(9-17-3)13(10)8-7-11(2)14(15)16/h4-8H,2,9H2,1,3H3,(H,15,16)/b8-7-. The van der Waals surface area contributed by atoms with Crippen molar-refractivity contribution in [1.29, 1.82) is 0 Å². The molecule has 0 saturated carbocycles. The average molecular weight is 232 g/mol. The Balaban J connectivity index is 3.04. The molecule has 1 rings (SSSR count). The molecule has 0 unspecified atom stereocenters. The molecule has 3 heteroatoms. The van der Waals surface area contributed by atoms with Crippen molar-refractivity contribution in [3.05, 3.63) is 53.1 Å². The first-order valence-corrected chi connectivity index (χ1v) is 5.24. The van der Waals surface area contributed by atoms with Gasteiger partial charge in [-0.2, -0.15) is 0 Å². The van der Waals surface area contributed by atoms with E-state index < -0.39 is 5.97 Å². The molecule has 17 heavy (non-hydrogen) atoms. The van der Waals surface area contributed by atoms with Gasteiger partial charge in [-0.3, -0.25) is 0 Å². The van der Waals surface area contributed by atoms with Crippen molar-refractivity contribution in [3.63, 3.8) is 0 Å². The van der Waals surface area contributed by atoms with Crippen LogP contribution in [-0.4, -0.2) is 18.2 Å². The lowest BCUT2D eigenvalue weighted by molar-refractivity contribution is -0.132. The second-order valence-electron chi connectivity index (χ2n) is 3.74. The Bertz CT molecular complexity index is 459. The molecule has 0 aliphatic carbocycles. The highest BCUT2D eigenvalue weighted by Gasteiger charge is 2.03. The van der Waals surface area contributed by atoms with Crippen LogP contribution in [0.4, 0.5) is 0 Å². The van der Waals surface area contributed by atoms with E-state index in [0.717, 1.165) is 16.7 Å². The number of carbonyl (C=O) groups is 1. The molecule has 1 N–H and O–H groups in total. The highest BCUT2D eigenvalue weighted by atomic mass is 16.5. The minimum Gasteiger partial charge on any atom is -0.478 e. The summed E-state index contributed by atoms with van der Waals surface area (Å²) in [5, 5.41) is 8.73. The van der Waals surface area contributed by atoms with Crippen molar-refractivity contribution in [2.45, 2.75) is 13.5 Å². The van der Waals surface area contributed by atoms with E-state index in [0.29, 0.717) is 6.61 Å². The van der Waals surface area contributed by atoms with Crippen LogP contribution in [0, 0.1) is 6.92 Å². The van der Waals surface area contributed by atoms with Crippen LogP contribution in [0.1, 0.15) is 16.7 Å². The van der Waals surface area contributed by atoms with Gasteiger partial charge in [0.2, 0.25) is 0 Å². The average Bonchev–Trinajstić information content (AvgIpc) is 2.28. The monoisotopic (exact) mass is 232 g/mol. The van der Waals surface area contributed by atoms with E-state index in [-0.39, 0.29) is 5.57 Å². The number of rotatable bonds is 5. The van der Waals surface area contributed by atoms with Gasteiger partial charge >= 0.3 is 5.97 Å². The highest BCUT2D eigenvalue weighted by molar-refractivity contribution is 5.90. The molecular weight excluding hydrogens is 216 g/mol. The molecule has 1 aromatic carbocycles. The molecule has 3 nitrogen and oxygen atoms in total. The van der Waals surface area contributed by atoms with Crippen LogP contribution in [0.5, 0.6) is 0 Å². The lowest BCUT2D eigenvalue weighted by Gasteiger charge is -2.08. The SMILES string of the molecule is C=C(/C=C\c1c(C)cccc1COC)C(=O)O. The minimum atomic E-state index is -1.01. The Hall–Kier alpha value is -1.87. The molecule has 90 valence electrons. The molecule has 0 radical (unpaired) electrons. The first kappa shape index (κ1) is 13.2. The number of hydrogen-bond donors (Lipinski definition) is 1. The van der Waals surface area contributed by atoms with Gasteiger partial charge in [-0.15, -0.1) is 0 Å². The fraction of sp³-hybridized carbons (Fsp3) is 0.214. The number of carboxylic acid groups (broad SMARTS) is 1. The molecule has 0 atom stereocenters. The van der Waals surface area contributed by atoms with Crippen LogP contribution in [0.25, 0.3) is 6.08 Å². The predicted molar refractivity (Wildman–Crippen MR) is 67.7 cm³/mol. The zero-order valence-electron chi connectivity index (χ0n) is 10.1. The van der Waals surface area contributed by atoms with Crippen LogP contribution in [0.2, 0.25) is 0 Å². The van der Waals surface area contributed by atoms with E-state index >= 15 is 0 Å². The van der Waals surface area contributed by atoms with Crippen molar-refractivity contribution in [2.75, 3.05) is 7.11 Å². The Labute approximate surface area is 101 Å². The molecule has 0 heterocycles. The van der Waals surface area contributed by atoms with E-state index in [1.807, 2.05) is 25.1 Å². The van der Waals surface area contributed by atoms with E-state index in [2.05, 4.69) is 6.58 Å². The Morgan fingerprint density at radius 1 is 1.53 bits per heavy atom. The number of carboxylic acids is 1. The maximum Gasteiger partial charge on any atom is 0.335 e. The number of benzene rings is 1. The first-order valence-electron chi connectivity index (χ1n) is 5.24. The number of methoxy groups -OCH3 is 1. The van der Waals surface area contributed by atoms with Crippen molar-refractivity contribution >= 4 is 12.0 Å². The number of aliphatic carboxylic acids is 1. The smallest absolute Gasteiger partial charge is 0.335 e. The zero-order valence-corrected chi connectivity index (χ0v) is 10.1. The molecule has 0 aliphatic heterocycles. The zero-order chi connectivity index (χ0) is 12.8. The van der Waals surface area contributed by atoms with Gasteiger partial charge in [-0.1, -0.05) is 30.9 Å². The third-order valence-corrected chi connectivity index (χ3v) is 2.44. The fourth-order valence-corrected chi connectivity index (χ4v) is 1.52. The lowest BCUT2D eigenvalue weighted by Crippen LogP contribution is -1.97. The summed E-state index contributed by atoms with van der Waals surface area (Å²) in [7, 11) is 1.63. The van der Waals surface area contributed by atoms with Crippen LogP contribution >= 0.6 is 0 Å². The van der Waals surface area contributed by atoms with E-state index in [9.17, 15) is 4.79 Å². The van der Waals surface area contributed by atoms with E-state index in [1.54, 1.807) is 13.2 Å². The van der Waals surface area contributed by atoms with Gasteiger partial charge in [0.15, 0.2) is 0 Å². The second-order valence-corrected chi connectivity index (χ2v) is 3.74. The topological polar surface area (TPSA) is 46.5 Å². The first-order chi connectivity index (χ1) is 8.06. The van der Waals surface area contributed by atoms with Crippen molar-refractivity contribution < 1.29 is 14.6 Å². The summed E-state index contributed by atoms with van der Waals surface area (Å²) < 4.78 is 5.11. The fourth-order valence-electron chi connectivity index (χ4n) is 1.52. The second kappa shape index (κ2) is 6.01. The Kier molecular flexibility index (Phi) is 4.67. The molecule has 0 saturated heterocycles.